The number of amidine groups is 1. The smallest absolute Gasteiger partial charge is 0.328 e. The van der Waals surface area contributed by atoms with E-state index in [1.54, 1.807) is 21.0 Å². The molecule has 0 spiro atoms. The lowest BCUT2D eigenvalue weighted by Gasteiger charge is -2.07. The van der Waals surface area contributed by atoms with Crippen LogP contribution in [0.25, 0.3) is 0 Å². The number of aryl methyl sites for hydroxylation is 1. The van der Waals surface area contributed by atoms with Crippen molar-refractivity contribution in [2.24, 2.45) is 4.99 Å². The van der Waals surface area contributed by atoms with E-state index < -0.39 is 5.69 Å². The van der Waals surface area contributed by atoms with Gasteiger partial charge >= 0.3 is 5.69 Å². The Labute approximate surface area is 86.7 Å². The van der Waals surface area contributed by atoms with Crippen molar-refractivity contribution in [3.63, 3.8) is 0 Å². The molecule has 0 bridgehead atoms. The van der Waals surface area contributed by atoms with Gasteiger partial charge < -0.3 is 5.32 Å². The molecule has 0 amide bonds. The highest BCUT2D eigenvalue weighted by Gasteiger charge is 2.02. The molecule has 6 heteroatoms. The molecule has 1 heterocycles. The number of rotatable bonds is 2. The number of aromatic amines is 1. The maximum Gasteiger partial charge on any atom is 0.328 e. The topological polar surface area (TPSA) is 79.2 Å². The monoisotopic (exact) mass is 210 g/mol. The summed E-state index contributed by atoms with van der Waals surface area (Å²) >= 11 is 0. The van der Waals surface area contributed by atoms with E-state index in [1.807, 2.05) is 0 Å². The quantitative estimate of drug-likeness (QED) is 0.490. The third-order valence-corrected chi connectivity index (χ3v) is 2.07. The molecule has 6 nitrogen and oxygen atoms in total. The number of aliphatic imine (C=N–C) groups is 1. The Morgan fingerprint density at radius 2 is 2.27 bits per heavy atom. The van der Waals surface area contributed by atoms with Crippen molar-refractivity contribution in [3.8, 4) is 0 Å². The van der Waals surface area contributed by atoms with Crippen LogP contribution in [-0.4, -0.2) is 29.5 Å². The van der Waals surface area contributed by atoms with Gasteiger partial charge in [0.1, 0.15) is 5.84 Å². The van der Waals surface area contributed by atoms with Gasteiger partial charge in [0.05, 0.1) is 6.54 Å². The van der Waals surface area contributed by atoms with Crippen LogP contribution in [0.3, 0.4) is 0 Å². The Kier molecular flexibility index (Phi) is 3.43. The zero-order chi connectivity index (χ0) is 11.4. The van der Waals surface area contributed by atoms with Crippen molar-refractivity contribution in [3.05, 3.63) is 32.6 Å². The Hall–Kier alpha value is -1.85. The fraction of sp³-hybridized carbons (Fsp3) is 0.444. The summed E-state index contributed by atoms with van der Waals surface area (Å²) in [5.74, 6) is 0.670. The van der Waals surface area contributed by atoms with E-state index in [0.29, 0.717) is 17.9 Å². The number of likely N-dealkylation sites (N-methyl/N-ethyl adjacent to an activating group) is 1. The molecule has 0 atom stereocenters. The second-order valence-electron chi connectivity index (χ2n) is 3.12. The molecule has 82 valence electrons. The molecule has 0 fully saturated rings. The van der Waals surface area contributed by atoms with E-state index >= 15 is 0 Å². The average molecular weight is 210 g/mol. The van der Waals surface area contributed by atoms with Crippen molar-refractivity contribution < 1.29 is 0 Å². The first kappa shape index (κ1) is 11.2. The van der Waals surface area contributed by atoms with Crippen molar-refractivity contribution in [1.82, 2.24) is 14.9 Å². The molecule has 2 N–H and O–H groups in total. The molecule has 0 radical (unpaired) electrons. The predicted molar refractivity (Wildman–Crippen MR) is 58.5 cm³/mol. The number of H-pyrrole nitrogens is 1. The molecule has 1 rings (SSSR count). The molecule has 15 heavy (non-hydrogen) atoms. The highest BCUT2D eigenvalue weighted by molar-refractivity contribution is 5.81. The lowest BCUT2D eigenvalue weighted by Crippen LogP contribution is -2.35. The third kappa shape index (κ3) is 2.55. The number of nitrogens with one attached hydrogen (secondary N) is 2. The summed E-state index contributed by atoms with van der Waals surface area (Å²) in [6.07, 6.45) is 1.52. The molecule has 0 aliphatic carbocycles. The maximum absolute atomic E-state index is 11.4. The zero-order valence-electron chi connectivity index (χ0n) is 9.00. The Balaban J connectivity index is 3.11. The van der Waals surface area contributed by atoms with E-state index in [1.165, 1.54) is 10.8 Å². The summed E-state index contributed by atoms with van der Waals surface area (Å²) in [7, 11) is 3.36. The van der Waals surface area contributed by atoms with Crippen molar-refractivity contribution in [2.45, 2.75) is 13.5 Å². The molecular weight excluding hydrogens is 196 g/mol. The van der Waals surface area contributed by atoms with Gasteiger partial charge in [-0.25, -0.2) is 4.79 Å². The van der Waals surface area contributed by atoms with Gasteiger partial charge in [0.25, 0.3) is 5.56 Å². The van der Waals surface area contributed by atoms with Crippen molar-refractivity contribution in [1.29, 1.82) is 0 Å². The number of aromatic nitrogens is 2. The van der Waals surface area contributed by atoms with E-state index in [9.17, 15) is 9.59 Å². The molecule has 0 saturated carbocycles. The van der Waals surface area contributed by atoms with Gasteiger partial charge in [-0.05, 0) is 6.92 Å². The highest BCUT2D eigenvalue weighted by atomic mass is 16.2. The summed E-state index contributed by atoms with van der Waals surface area (Å²) in [5, 5.41) is 2.86. The fourth-order valence-electron chi connectivity index (χ4n) is 1.16. The van der Waals surface area contributed by atoms with Crippen LogP contribution in [0.2, 0.25) is 0 Å². The first-order valence-corrected chi connectivity index (χ1v) is 4.52. The van der Waals surface area contributed by atoms with E-state index in [0.717, 1.165) is 0 Å². The lowest BCUT2D eigenvalue weighted by atomic mass is 10.4. The van der Waals surface area contributed by atoms with Crippen LogP contribution in [0.1, 0.15) is 5.56 Å². The second-order valence-corrected chi connectivity index (χ2v) is 3.12. The summed E-state index contributed by atoms with van der Waals surface area (Å²) in [5.41, 5.74) is -0.279. The predicted octanol–water partition coefficient (Wildman–Crippen LogP) is -0.907. The first-order chi connectivity index (χ1) is 7.08. The van der Waals surface area contributed by atoms with Gasteiger partial charge in [0.2, 0.25) is 0 Å². The Morgan fingerprint density at radius 3 is 2.80 bits per heavy atom. The Morgan fingerprint density at radius 1 is 1.60 bits per heavy atom. The van der Waals surface area contributed by atoms with Crippen LogP contribution in [0.4, 0.5) is 0 Å². The molecule has 0 aliphatic heterocycles. The SMILES string of the molecule is CN=C(Cn1cc(C)c(=O)[nH]c1=O)NC. The van der Waals surface area contributed by atoms with Gasteiger partial charge in [0.15, 0.2) is 0 Å². The van der Waals surface area contributed by atoms with Crippen molar-refractivity contribution >= 4 is 5.84 Å². The second kappa shape index (κ2) is 4.59. The number of hydrogen-bond donors (Lipinski definition) is 2. The molecule has 0 unspecified atom stereocenters. The van der Waals surface area contributed by atoms with Crippen LogP contribution >= 0.6 is 0 Å². The summed E-state index contributed by atoms with van der Waals surface area (Å²) in [6.45, 7) is 1.97. The highest BCUT2D eigenvalue weighted by Crippen LogP contribution is 1.85. The zero-order valence-corrected chi connectivity index (χ0v) is 9.00. The molecule has 0 aromatic carbocycles. The fourth-order valence-corrected chi connectivity index (χ4v) is 1.16. The van der Waals surface area contributed by atoms with Crippen LogP contribution in [0, 0.1) is 6.92 Å². The van der Waals surface area contributed by atoms with E-state index in [4.69, 9.17) is 0 Å². The normalized spacial score (nSPS) is 11.5. The van der Waals surface area contributed by atoms with Gasteiger partial charge in [-0.3, -0.25) is 19.3 Å². The van der Waals surface area contributed by atoms with E-state index in [2.05, 4.69) is 15.3 Å². The van der Waals surface area contributed by atoms with E-state index in [-0.39, 0.29) is 5.56 Å². The van der Waals surface area contributed by atoms with Crippen molar-refractivity contribution in [2.75, 3.05) is 14.1 Å². The summed E-state index contributed by atoms with van der Waals surface area (Å²) in [6, 6.07) is 0. The first-order valence-electron chi connectivity index (χ1n) is 4.52. The van der Waals surface area contributed by atoms with Crippen LogP contribution in [-0.2, 0) is 6.54 Å². The van der Waals surface area contributed by atoms with Gasteiger partial charge in [-0.15, -0.1) is 0 Å². The standard InChI is InChI=1S/C9H14N4O2/c1-6-4-13(5-7(10-2)11-3)9(15)12-8(6)14/h4H,5H2,1-3H3,(H,10,11)(H,12,14,15). The van der Waals surface area contributed by atoms with Gasteiger partial charge in [-0.2, -0.15) is 0 Å². The lowest BCUT2D eigenvalue weighted by molar-refractivity contribution is 0.735. The summed E-state index contributed by atoms with van der Waals surface area (Å²) < 4.78 is 1.40. The van der Waals surface area contributed by atoms with Crippen LogP contribution in [0.15, 0.2) is 20.8 Å². The molecular formula is C9H14N4O2. The largest absolute Gasteiger partial charge is 0.375 e. The minimum atomic E-state index is -0.429. The van der Waals surface area contributed by atoms with Gasteiger partial charge in [0, 0.05) is 25.9 Å². The van der Waals surface area contributed by atoms with Crippen LogP contribution < -0.4 is 16.6 Å². The molecule has 0 saturated heterocycles. The van der Waals surface area contributed by atoms with Crippen LogP contribution in [0.5, 0.6) is 0 Å². The number of hydrogen-bond acceptors (Lipinski definition) is 3. The molecule has 1 aromatic heterocycles. The number of nitrogens with zero attached hydrogens (tertiary/aromatic N) is 2. The summed E-state index contributed by atoms with van der Waals surface area (Å²) in [4.78, 5) is 28.7. The Bertz CT molecular complexity index is 484. The third-order valence-electron chi connectivity index (χ3n) is 2.07. The minimum absolute atomic E-state index is 0.323. The molecule has 0 aliphatic rings. The van der Waals surface area contributed by atoms with Gasteiger partial charge in [-0.1, -0.05) is 0 Å². The minimum Gasteiger partial charge on any atom is -0.375 e. The average Bonchev–Trinajstić information content (AvgIpc) is 2.21. The maximum atomic E-state index is 11.4. The molecule has 1 aromatic rings.